The van der Waals surface area contributed by atoms with E-state index >= 15 is 0 Å². The minimum atomic E-state index is -0.457. The van der Waals surface area contributed by atoms with Gasteiger partial charge in [-0.2, -0.15) is 5.26 Å². The van der Waals surface area contributed by atoms with Crippen molar-refractivity contribution in [2.24, 2.45) is 0 Å². The zero-order valence-electron chi connectivity index (χ0n) is 19.7. The Labute approximate surface area is 212 Å². The molecule has 0 spiro atoms. The molecule has 3 heterocycles. The number of hydrogen-bond donors (Lipinski definition) is 1. The van der Waals surface area contributed by atoms with Gasteiger partial charge in [0.2, 0.25) is 0 Å². The van der Waals surface area contributed by atoms with Crippen LogP contribution in [-0.4, -0.2) is 22.8 Å². The van der Waals surface area contributed by atoms with Crippen LogP contribution in [0.3, 0.4) is 0 Å². The van der Waals surface area contributed by atoms with Gasteiger partial charge in [0.05, 0.1) is 15.6 Å². The van der Waals surface area contributed by atoms with E-state index in [4.69, 9.17) is 19.9 Å². The molecule has 1 aliphatic rings. The van der Waals surface area contributed by atoms with Crippen LogP contribution in [-0.2, 0) is 11.3 Å². The molecule has 0 aliphatic carbocycles. The fraction of sp³-hybridized carbons (Fsp3) is 0.259. The molecule has 2 N–H and O–H groups in total. The third-order valence-electron chi connectivity index (χ3n) is 6.09. The quantitative estimate of drug-likeness (QED) is 0.327. The molecule has 184 valence electrons. The number of nitriles is 1. The Kier molecular flexibility index (Phi) is 6.89. The highest BCUT2D eigenvalue weighted by molar-refractivity contribution is 7.11. The first-order chi connectivity index (χ1) is 17.5. The molecule has 0 atom stereocenters. The number of rotatable bonds is 7. The van der Waals surface area contributed by atoms with Gasteiger partial charge in [0, 0.05) is 49.5 Å². The Morgan fingerprint density at radius 3 is 2.61 bits per heavy atom. The number of nitrogens with two attached hydrogens (primary N) is 1. The van der Waals surface area contributed by atoms with Crippen molar-refractivity contribution < 1.29 is 18.6 Å². The number of anilines is 1. The maximum Gasteiger partial charge on any atom is 0.148 e. The van der Waals surface area contributed by atoms with Crippen molar-refractivity contribution in [2.75, 3.05) is 18.9 Å². The number of benzene rings is 2. The highest BCUT2D eigenvalue weighted by atomic mass is 32.1. The molecule has 7 nitrogen and oxygen atoms in total. The molecule has 1 fully saturated rings. The van der Waals surface area contributed by atoms with E-state index in [0.717, 1.165) is 34.0 Å². The van der Waals surface area contributed by atoms with Crippen molar-refractivity contribution >= 4 is 17.0 Å². The molecular weight excluding hydrogens is 479 g/mol. The molecule has 36 heavy (non-hydrogen) atoms. The summed E-state index contributed by atoms with van der Waals surface area (Å²) in [5, 5.41) is 10.7. The second-order valence-electron chi connectivity index (χ2n) is 8.57. The van der Waals surface area contributed by atoms with Gasteiger partial charge in [-0.15, -0.1) is 11.3 Å². The molecule has 5 rings (SSSR count). The lowest BCUT2D eigenvalue weighted by Crippen LogP contribution is -2.14. The van der Waals surface area contributed by atoms with Gasteiger partial charge in [-0.3, -0.25) is 0 Å². The summed E-state index contributed by atoms with van der Waals surface area (Å²) in [7, 11) is 0. The highest BCUT2D eigenvalue weighted by Gasteiger charge is 2.23. The zero-order chi connectivity index (χ0) is 25.1. The van der Waals surface area contributed by atoms with Gasteiger partial charge in [-0.05, 0) is 55.5 Å². The molecule has 0 radical (unpaired) electrons. The van der Waals surface area contributed by atoms with Crippen LogP contribution in [0.1, 0.15) is 39.9 Å². The standard InChI is InChI=1S/C27H25FN4O3S/c1-17-31-14-24(36-17)16-34-22-10-19(28)11-23(12-22)35-21-4-2-20(3-5-21)32-15-25(27(30)26(32)13-29)18-6-8-33-9-7-18/h2-5,10-12,14-15,18H,6-9,16,30H2,1H3. The van der Waals surface area contributed by atoms with Gasteiger partial charge in [-0.1, -0.05) is 0 Å². The maximum atomic E-state index is 14.2. The molecule has 0 saturated carbocycles. The molecule has 2 aromatic carbocycles. The summed E-state index contributed by atoms with van der Waals surface area (Å²) >= 11 is 1.53. The average molecular weight is 505 g/mol. The van der Waals surface area contributed by atoms with Crippen molar-refractivity contribution in [3.63, 3.8) is 0 Å². The molecular formula is C27H25FN4O3S. The van der Waals surface area contributed by atoms with Crippen molar-refractivity contribution in [1.82, 2.24) is 9.55 Å². The zero-order valence-corrected chi connectivity index (χ0v) is 20.6. The largest absolute Gasteiger partial charge is 0.488 e. The lowest BCUT2D eigenvalue weighted by Gasteiger charge is -2.21. The molecule has 4 aromatic rings. The van der Waals surface area contributed by atoms with Crippen LogP contribution in [0.4, 0.5) is 10.1 Å². The number of ether oxygens (including phenoxy) is 3. The van der Waals surface area contributed by atoms with Crippen molar-refractivity contribution in [1.29, 1.82) is 5.26 Å². The fourth-order valence-electron chi connectivity index (χ4n) is 4.31. The molecule has 2 aromatic heterocycles. The predicted octanol–water partition coefficient (Wildman–Crippen LogP) is 6.10. The van der Waals surface area contributed by atoms with Gasteiger partial charge >= 0.3 is 0 Å². The van der Waals surface area contributed by atoms with E-state index in [-0.39, 0.29) is 5.92 Å². The van der Waals surface area contributed by atoms with E-state index in [1.54, 1.807) is 29.0 Å². The second-order valence-corrected chi connectivity index (χ2v) is 9.89. The van der Waals surface area contributed by atoms with E-state index in [1.165, 1.54) is 23.5 Å². The van der Waals surface area contributed by atoms with E-state index < -0.39 is 5.82 Å². The third-order valence-corrected chi connectivity index (χ3v) is 6.97. The summed E-state index contributed by atoms with van der Waals surface area (Å²) in [6.45, 7) is 3.62. The minimum Gasteiger partial charge on any atom is -0.488 e. The first-order valence-corrected chi connectivity index (χ1v) is 12.4. The number of nitrogens with zero attached hydrogens (tertiary/aromatic N) is 3. The fourth-order valence-corrected chi connectivity index (χ4v) is 5.02. The first-order valence-electron chi connectivity index (χ1n) is 11.6. The van der Waals surface area contributed by atoms with Gasteiger partial charge in [0.1, 0.15) is 41.4 Å². The number of halogens is 1. The van der Waals surface area contributed by atoms with Gasteiger partial charge in [0.15, 0.2) is 0 Å². The van der Waals surface area contributed by atoms with Gasteiger partial charge in [0.25, 0.3) is 0 Å². The Balaban J connectivity index is 1.32. The van der Waals surface area contributed by atoms with Crippen LogP contribution in [0.5, 0.6) is 17.2 Å². The topological polar surface area (TPSA) is 95.3 Å². The average Bonchev–Trinajstić information content (AvgIpc) is 3.45. The molecule has 1 aliphatic heterocycles. The Hall–Kier alpha value is -3.87. The summed E-state index contributed by atoms with van der Waals surface area (Å²) in [5.41, 5.74) is 9.04. The summed E-state index contributed by atoms with van der Waals surface area (Å²) in [6, 6.07) is 13.7. The molecule has 1 saturated heterocycles. The van der Waals surface area contributed by atoms with Crippen LogP contribution in [0.15, 0.2) is 54.9 Å². The Morgan fingerprint density at radius 2 is 1.92 bits per heavy atom. The van der Waals surface area contributed by atoms with Crippen molar-refractivity contribution in [2.45, 2.75) is 32.3 Å². The van der Waals surface area contributed by atoms with Crippen LogP contribution < -0.4 is 15.2 Å². The maximum absolute atomic E-state index is 14.2. The number of aromatic nitrogens is 2. The molecule has 0 unspecified atom stereocenters. The summed E-state index contributed by atoms with van der Waals surface area (Å²) in [5.74, 6) is 1.04. The van der Waals surface area contributed by atoms with Gasteiger partial charge < -0.3 is 24.5 Å². The normalized spacial score (nSPS) is 13.9. The summed E-state index contributed by atoms with van der Waals surface area (Å²) in [6.07, 6.45) is 5.46. The van der Waals surface area contributed by atoms with Gasteiger partial charge in [-0.25, -0.2) is 9.37 Å². The van der Waals surface area contributed by atoms with Crippen LogP contribution in [0, 0.1) is 24.1 Å². The number of aryl methyl sites for hydroxylation is 1. The highest BCUT2D eigenvalue weighted by Crippen LogP contribution is 2.36. The Bertz CT molecular complexity index is 1400. The second kappa shape index (κ2) is 10.4. The molecule has 0 amide bonds. The van der Waals surface area contributed by atoms with Crippen LogP contribution >= 0.6 is 11.3 Å². The summed E-state index contributed by atoms with van der Waals surface area (Å²) < 4.78 is 33.1. The van der Waals surface area contributed by atoms with Crippen LogP contribution in [0.2, 0.25) is 0 Å². The van der Waals surface area contributed by atoms with E-state index in [2.05, 4.69) is 11.1 Å². The lowest BCUT2D eigenvalue weighted by molar-refractivity contribution is 0.0855. The molecule has 0 bridgehead atoms. The number of thiazole rings is 1. The first kappa shape index (κ1) is 23.9. The van der Waals surface area contributed by atoms with Crippen molar-refractivity contribution in [3.05, 3.63) is 81.8 Å². The molecule has 9 heteroatoms. The SMILES string of the molecule is Cc1ncc(COc2cc(F)cc(Oc3ccc(-n4cc(C5CCOCC5)c(N)c4C#N)cc3)c2)s1. The number of hydrogen-bond acceptors (Lipinski definition) is 7. The predicted molar refractivity (Wildman–Crippen MR) is 135 cm³/mol. The van der Waals surface area contributed by atoms with Crippen molar-refractivity contribution in [3.8, 4) is 29.0 Å². The minimum absolute atomic E-state index is 0.277. The number of nitrogen functional groups attached to an aromatic ring is 1. The smallest absolute Gasteiger partial charge is 0.148 e. The lowest BCUT2D eigenvalue weighted by atomic mass is 9.92. The van der Waals surface area contributed by atoms with Crippen LogP contribution in [0.25, 0.3) is 5.69 Å². The monoisotopic (exact) mass is 504 g/mol. The third kappa shape index (κ3) is 5.20. The van der Waals surface area contributed by atoms with E-state index in [0.29, 0.717) is 48.5 Å². The van der Waals surface area contributed by atoms with E-state index in [1.807, 2.05) is 25.3 Å². The van der Waals surface area contributed by atoms with E-state index in [9.17, 15) is 9.65 Å². The summed E-state index contributed by atoms with van der Waals surface area (Å²) in [4.78, 5) is 5.15. The Morgan fingerprint density at radius 1 is 1.17 bits per heavy atom.